The summed E-state index contributed by atoms with van der Waals surface area (Å²) in [5.74, 6) is -0.576. The van der Waals surface area contributed by atoms with Gasteiger partial charge in [0.2, 0.25) is 0 Å². The molecule has 0 aliphatic rings. The van der Waals surface area contributed by atoms with Gasteiger partial charge in [0.1, 0.15) is 11.4 Å². The number of ether oxygens (including phenoxy) is 1. The smallest absolute Gasteiger partial charge is 0.354 e. The summed E-state index contributed by atoms with van der Waals surface area (Å²) in [6, 6.07) is 4.38. The van der Waals surface area contributed by atoms with E-state index in [2.05, 4.69) is 26.5 Å². The summed E-state index contributed by atoms with van der Waals surface area (Å²) in [5, 5.41) is 14.6. The maximum absolute atomic E-state index is 11.3. The zero-order valence-corrected chi connectivity index (χ0v) is 11.9. The molecule has 7 nitrogen and oxygen atoms in total. The van der Waals surface area contributed by atoms with Gasteiger partial charge in [-0.2, -0.15) is 5.10 Å². The second kappa shape index (κ2) is 6.83. The molecule has 0 unspecified atom stereocenters. The number of hydrazone groups is 1. The van der Waals surface area contributed by atoms with E-state index in [0.29, 0.717) is 4.47 Å². The Balaban J connectivity index is 2.93. The van der Waals surface area contributed by atoms with E-state index in [1.807, 2.05) is 0 Å². The third-order valence-corrected chi connectivity index (χ3v) is 2.56. The van der Waals surface area contributed by atoms with Crippen LogP contribution in [0.15, 0.2) is 27.8 Å². The van der Waals surface area contributed by atoms with Crippen LogP contribution in [0.3, 0.4) is 0 Å². The highest BCUT2D eigenvalue weighted by Crippen LogP contribution is 2.27. The van der Waals surface area contributed by atoms with Crippen molar-refractivity contribution in [3.05, 3.63) is 32.8 Å². The fourth-order valence-electron chi connectivity index (χ4n) is 1.18. The molecule has 1 aromatic carbocycles. The van der Waals surface area contributed by atoms with Crippen LogP contribution in [0.25, 0.3) is 0 Å². The lowest BCUT2D eigenvalue weighted by molar-refractivity contribution is -0.384. The standard InChI is InChI=1S/C11H12BrN3O4/c1-3-19-11(16)7(2)13-14-9-6-8(12)4-5-10(9)15(17)18/h4-6,14H,3H2,1-2H3/b13-7-. The Morgan fingerprint density at radius 1 is 1.58 bits per heavy atom. The average Bonchev–Trinajstić information content (AvgIpc) is 2.35. The molecular weight excluding hydrogens is 318 g/mol. The lowest BCUT2D eigenvalue weighted by Crippen LogP contribution is -2.15. The van der Waals surface area contributed by atoms with Crippen LogP contribution in [0.1, 0.15) is 13.8 Å². The van der Waals surface area contributed by atoms with Gasteiger partial charge in [-0.1, -0.05) is 15.9 Å². The highest BCUT2D eigenvalue weighted by atomic mass is 79.9. The molecule has 0 fully saturated rings. The fourth-order valence-corrected chi connectivity index (χ4v) is 1.54. The van der Waals surface area contributed by atoms with E-state index >= 15 is 0 Å². The van der Waals surface area contributed by atoms with Crippen LogP contribution in [-0.4, -0.2) is 23.2 Å². The average molecular weight is 330 g/mol. The Hall–Kier alpha value is -1.96. The van der Waals surface area contributed by atoms with Crippen molar-refractivity contribution in [1.82, 2.24) is 0 Å². The summed E-state index contributed by atoms with van der Waals surface area (Å²) >= 11 is 3.20. The Morgan fingerprint density at radius 2 is 2.26 bits per heavy atom. The van der Waals surface area contributed by atoms with Crippen molar-refractivity contribution in [2.24, 2.45) is 5.10 Å². The first-order valence-corrected chi connectivity index (χ1v) is 6.16. The molecule has 0 atom stereocenters. The maximum Gasteiger partial charge on any atom is 0.354 e. The first kappa shape index (κ1) is 15.1. The van der Waals surface area contributed by atoms with Crippen LogP contribution in [0.2, 0.25) is 0 Å². The number of rotatable bonds is 5. The third kappa shape index (κ3) is 4.32. The summed E-state index contributed by atoms with van der Waals surface area (Å²) in [6.07, 6.45) is 0. The Bertz CT molecular complexity index is 531. The number of carbonyl (C=O) groups excluding carboxylic acids is 1. The fraction of sp³-hybridized carbons (Fsp3) is 0.273. The maximum atomic E-state index is 11.3. The van der Waals surface area contributed by atoms with Crippen molar-refractivity contribution < 1.29 is 14.5 Å². The van der Waals surface area contributed by atoms with Gasteiger partial charge in [-0.3, -0.25) is 15.5 Å². The quantitative estimate of drug-likeness (QED) is 0.388. The molecule has 1 aromatic rings. The van der Waals surface area contributed by atoms with Crippen molar-refractivity contribution >= 4 is 39.0 Å². The van der Waals surface area contributed by atoms with Gasteiger partial charge in [0.15, 0.2) is 0 Å². The summed E-state index contributed by atoms with van der Waals surface area (Å²) in [5.41, 5.74) is 2.62. The van der Waals surface area contributed by atoms with E-state index in [-0.39, 0.29) is 23.7 Å². The van der Waals surface area contributed by atoms with Crippen molar-refractivity contribution in [2.75, 3.05) is 12.0 Å². The Labute approximate surface area is 117 Å². The summed E-state index contributed by atoms with van der Waals surface area (Å²) in [7, 11) is 0. The number of nitrogens with one attached hydrogen (secondary N) is 1. The van der Waals surface area contributed by atoms with E-state index < -0.39 is 10.9 Å². The molecule has 1 N–H and O–H groups in total. The normalized spacial score (nSPS) is 11.0. The van der Waals surface area contributed by atoms with Gasteiger partial charge in [-0.05, 0) is 26.0 Å². The summed E-state index contributed by atoms with van der Waals surface area (Å²) in [6.45, 7) is 3.37. The zero-order chi connectivity index (χ0) is 14.4. The highest BCUT2D eigenvalue weighted by Gasteiger charge is 2.14. The van der Waals surface area contributed by atoms with E-state index in [4.69, 9.17) is 4.74 Å². The molecule has 19 heavy (non-hydrogen) atoms. The van der Waals surface area contributed by atoms with Gasteiger partial charge >= 0.3 is 5.97 Å². The minimum Gasteiger partial charge on any atom is -0.461 e. The molecule has 0 amide bonds. The van der Waals surface area contributed by atoms with Gasteiger partial charge in [-0.25, -0.2) is 4.79 Å². The molecule has 0 saturated carbocycles. The minimum atomic E-state index is -0.576. The van der Waals surface area contributed by atoms with Crippen molar-refractivity contribution in [2.45, 2.75) is 13.8 Å². The first-order chi connectivity index (χ1) is 8.95. The van der Waals surface area contributed by atoms with E-state index in [9.17, 15) is 14.9 Å². The van der Waals surface area contributed by atoms with Crippen LogP contribution in [-0.2, 0) is 9.53 Å². The molecule has 0 saturated heterocycles. The van der Waals surface area contributed by atoms with Crippen LogP contribution in [0.5, 0.6) is 0 Å². The second-order valence-corrected chi connectivity index (χ2v) is 4.36. The molecular formula is C11H12BrN3O4. The number of anilines is 1. The molecule has 102 valence electrons. The largest absolute Gasteiger partial charge is 0.461 e. The monoisotopic (exact) mass is 329 g/mol. The Morgan fingerprint density at radius 3 is 2.84 bits per heavy atom. The van der Waals surface area contributed by atoms with E-state index in [1.165, 1.54) is 19.1 Å². The van der Waals surface area contributed by atoms with E-state index in [1.54, 1.807) is 13.0 Å². The molecule has 0 radical (unpaired) electrons. The Kier molecular flexibility index (Phi) is 5.43. The number of hydrogen-bond donors (Lipinski definition) is 1. The number of nitro benzene ring substituents is 1. The van der Waals surface area contributed by atoms with E-state index in [0.717, 1.165) is 0 Å². The predicted octanol–water partition coefficient (Wildman–Crippen LogP) is 2.71. The highest BCUT2D eigenvalue weighted by molar-refractivity contribution is 9.10. The molecule has 0 aliphatic heterocycles. The third-order valence-electron chi connectivity index (χ3n) is 2.07. The van der Waals surface area contributed by atoms with Gasteiger partial charge in [-0.15, -0.1) is 0 Å². The van der Waals surface area contributed by atoms with Gasteiger partial charge in [0.25, 0.3) is 5.69 Å². The number of benzene rings is 1. The van der Waals surface area contributed by atoms with Crippen molar-refractivity contribution in [3.8, 4) is 0 Å². The SMILES string of the molecule is CCOC(=O)/C(C)=N\Nc1cc(Br)ccc1[N+](=O)[O-]. The van der Waals surface area contributed by atoms with Gasteiger partial charge in [0, 0.05) is 10.5 Å². The number of halogens is 1. The van der Waals surface area contributed by atoms with Crippen molar-refractivity contribution in [3.63, 3.8) is 0 Å². The summed E-state index contributed by atoms with van der Waals surface area (Å²) < 4.78 is 5.40. The number of nitrogens with zero attached hydrogens (tertiary/aromatic N) is 2. The molecule has 0 bridgehead atoms. The second-order valence-electron chi connectivity index (χ2n) is 3.45. The predicted molar refractivity (Wildman–Crippen MR) is 74.2 cm³/mol. The molecule has 8 heteroatoms. The number of carbonyl (C=O) groups is 1. The summed E-state index contributed by atoms with van der Waals surface area (Å²) in [4.78, 5) is 21.6. The number of esters is 1. The van der Waals surface area contributed by atoms with Gasteiger partial charge < -0.3 is 4.74 Å². The lowest BCUT2D eigenvalue weighted by atomic mass is 10.3. The molecule has 0 aromatic heterocycles. The zero-order valence-electron chi connectivity index (χ0n) is 10.3. The topological polar surface area (TPSA) is 93.8 Å². The number of hydrogen-bond acceptors (Lipinski definition) is 6. The minimum absolute atomic E-state index is 0.0797. The lowest BCUT2D eigenvalue weighted by Gasteiger charge is -2.04. The molecule has 1 rings (SSSR count). The van der Waals surface area contributed by atoms with Gasteiger partial charge in [0.05, 0.1) is 11.5 Å². The van der Waals surface area contributed by atoms with Crippen LogP contribution < -0.4 is 5.43 Å². The van der Waals surface area contributed by atoms with Crippen LogP contribution >= 0.6 is 15.9 Å². The molecule has 0 aliphatic carbocycles. The van der Waals surface area contributed by atoms with Crippen LogP contribution in [0.4, 0.5) is 11.4 Å². The van der Waals surface area contributed by atoms with Crippen LogP contribution in [0, 0.1) is 10.1 Å². The molecule has 0 spiro atoms. The number of nitro groups is 1. The molecule has 0 heterocycles. The van der Waals surface area contributed by atoms with Crippen molar-refractivity contribution in [1.29, 1.82) is 0 Å². The first-order valence-electron chi connectivity index (χ1n) is 5.37.